The van der Waals surface area contributed by atoms with Gasteiger partial charge in [-0.1, -0.05) is 36.0 Å². The molecule has 1 aliphatic heterocycles. The van der Waals surface area contributed by atoms with Crippen molar-refractivity contribution < 1.29 is 14.3 Å². The van der Waals surface area contributed by atoms with Crippen molar-refractivity contribution >= 4 is 34.7 Å². The maximum atomic E-state index is 13.3. The summed E-state index contributed by atoms with van der Waals surface area (Å²) in [6, 6.07) is 19.6. The van der Waals surface area contributed by atoms with Gasteiger partial charge in [0.05, 0.1) is 30.8 Å². The lowest BCUT2D eigenvalue weighted by Crippen LogP contribution is -2.49. The van der Waals surface area contributed by atoms with Crippen LogP contribution in [0.3, 0.4) is 0 Å². The van der Waals surface area contributed by atoms with E-state index in [0.29, 0.717) is 47.9 Å². The van der Waals surface area contributed by atoms with Gasteiger partial charge in [-0.25, -0.2) is 4.98 Å². The third kappa shape index (κ3) is 6.20. The predicted molar refractivity (Wildman–Crippen MR) is 169 cm³/mol. The second-order valence-electron chi connectivity index (χ2n) is 9.65. The van der Waals surface area contributed by atoms with Crippen LogP contribution in [-0.4, -0.2) is 75.4 Å². The molecule has 0 radical (unpaired) electrons. The number of pyridine rings is 1. The van der Waals surface area contributed by atoms with E-state index >= 15 is 0 Å². The summed E-state index contributed by atoms with van der Waals surface area (Å²) < 4.78 is 13.4. The topological polar surface area (TPSA) is 98.5 Å². The predicted octanol–water partition coefficient (Wildman–Crippen LogP) is 5.45. The van der Waals surface area contributed by atoms with Gasteiger partial charge in [0, 0.05) is 49.5 Å². The zero-order valence-corrected chi connectivity index (χ0v) is 25.6. The second-order valence-corrected chi connectivity index (χ2v) is 11.5. The molecule has 0 saturated carbocycles. The van der Waals surface area contributed by atoms with Gasteiger partial charge in [-0.15, -0.1) is 21.5 Å². The number of amides is 1. The van der Waals surface area contributed by atoms with E-state index < -0.39 is 0 Å². The summed E-state index contributed by atoms with van der Waals surface area (Å²) in [4.78, 5) is 26.5. The van der Waals surface area contributed by atoms with Crippen molar-refractivity contribution in [3.05, 3.63) is 89.1 Å². The third-order valence-corrected chi connectivity index (χ3v) is 9.02. The molecule has 5 aromatic rings. The number of nitrogens with zero attached hydrogens (tertiary/aromatic N) is 7. The summed E-state index contributed by atoms with van der Waals surface area (Å²) >= 11 is 2.99. The molecule has 220 valence electrons. The molecular formula is C31H31N7O3S2. The maximum absolute atomic E-state index is 13.3. The summed E-state index contributed by atoms with van der Waals surface area (Å²) in [7, 11) is 1.65. The average molecular weight is 614 g/mol. The van der Waals surface area contributed by atoms with Crippen molar-refractivity contribution in [3.8, 4) is 28.6 Å². The Morgan fingerprint density at radius 1 is 0.953 bits per heavy atom. The number of carbonyl (C=O) groups is 1. The number of thiazole rings is 1. The first-order valence-electron chi connectivity index (χ1n) is 14.0. The maximum Gasteiger partial charge on any atom is 0.273 e. The van der Waals surface area contributed by atoms with Gasteiger partial charge in [0.15, 0.2) is 11.0 Å². The molecule has 0 spiro atoms. The van der Waals surface area contributed by atoms with Crippen LogP contribution in [0.25, 0.3) is 17.1 Å². The van der Waals surface area contributed by atoms with Crippen molar-refractivity contribution in [2.24, 2.45) is 0 Å². The van der Waals surface area contributed by atoms with Crippen molar-refractivity contribution in [1.82, 2.24) is 29.6 Å². The summed E-state index contributed by atoms with van der Waals surface area (Å²) in [6.07, 6.45) is 3.49. The fourth-order valence-corrected chi connectivity index (χ4v) is 6.72. The Hall–Kier alpha value is -4.42. The van der Waals surface area contributed by atoms with Crippen LogP contribution in [0.4, 0.5) is 5.69 Å². The molecule has 0 atom stereocenters. The van der Waals surface area contributed by atoms with Crippen LogP contribution in [0.5, 0.6) is 11.5 Å². The molecule has 1 saturated heterocycles. The number of ether oxygens (including phenoxy) is 2. The number of hydrogen-bond donors (Lipinski definition) is 0. The largest absolute Gasteiger partial charge is 0.495 e. The summed E-state index contributed by atoms with van der Waals surface area (Å²) in [5, 5.41) is 12.4. The molecule has 4 heterocycles. The zero-order chi connectivity index (χ0) is 29.6. The molecule has 0 bridgehead atoms. The van der Waals surface area contributed by atoms with E-state index in [9.17, 15) is 4.79 Å². The SMILES string of the molecule is CCOc1ccccc1N1CCN(C(=O)c2csc(CSc3nnc(-c4cccnc4)n3-c3ccccc3OC)n2)CC1. The van der Waals surface area contributed by atoms with Crippen LogP contribution in [0, 0.1) is 0 Å². The van der Waals surface area contributed by atoms with E-state index in [1.807, 2.05) is 76.4 Å². The fourth-order valence-electron chi connectivity index (χ4n) is 4.99. The number of benzene rings is 2. The number of methoxy groups -OCH3 is 1. The average Bonchev–Trinajstić information content (AvgIpc) is 3.72. The summed E-state index contributed by atoms with van der Waals surface area (Å²) in [6.45, 7) is 5.32. The Morgan fingerprint density at radius 3 is 2.47 bits per heavy atom. The molecule has 2 aromatic carbocycles. The summed E-state index contributed by atoms with van der Waals surface area (Å²) in [5.41, 5.74) is 3.22. The standard InChI is InChI=1S/C31H31N7O3S2/c1-3-41-27-13-7-4-10-24(27)36-15-17-37(18-16-36)30(39)23-20-42-28(33-23)21-43-31-35-34-29(22-9-8-14-32-19-22)38(31)25-11-5-6-12-26(25)40-2/h4-14,19-20H,3,15-18,21H2,1-2H3. The number of rotatable bonds is 10. The van der Waals surface area contributed by atoms with Crippen LogP contribution in [0.2, 0.25) is 0 Å². The van der Waals surface area contributed by atoms with Gasteiger partial charge >= 0.3 is 0 Å². The Labute approximate surface area is 258 Å². The normalized spacial score (nSPS) is 13.3. The highest BCUT2D eigenvalue weighted by Crippen LogP contribution is 2.34. The number of aromatic nitrogens is 5. The van der Waals surface area contributed by atoms with Crippen LogP contribution in [0.1, 0.15) is 22.4 Å². The first kappa shape index (κ1) is 28.7. The molecule has 6 rings (SSSR count). The molecule has 1 amide bonds. The molecule has 0 aliphatic carbocycles. The molecule has 3 aromatic heterocycles. The molecular weight excluding hydrogens is 583 g/mol. The van der Waals surface area contributed by atoms with E-state index in [-0.39, 0.29) is 5.91 Å². The molecule has 1 fully saturated rings. The van der Waals surface area contributed by atoms with Gasteiger partial charge in [-0.2, -0.15) is 0 Å². The Balaban J connectivity index is 1.14. The van der Waals surface area contributed by atoms with Crippen LogP contribution in [0.15, 0.2) is 83.6 Å². The quantitative estimate of drug-likeness (QED) is 0.191. The Kier molecular flexibility index (Phi) is 8.85. The lowest BCUT2D eigenvalue weighted by molar-refractivity contribution is 0.0741. The number of para-hydroxylation sites is 4. The molecule has 10 nitrogen and oxygen atoms in total. The Morgan fingerprint density at radius 2 is 1.72 bits per heavy atom. The van der Waals surface area contributed by atoms with Crippen molar-refractivity contribution in [2.75, 3.05) is 44.8 Å². The molecule has 0 N–H and O–H groups in total. The number of hydrogen-bond acceptors (Lipinski definition) is 10. The summed E-state index contributed by atoms with van der Waals surface area (Å²) in [5.74, 6) is 2.75. The van der Waals surface area contributed by atoms with E-state index in [4.69, 9.17) is 14.5 Å². The second kappa shape index (κ2) is 13.3. The lowest BCUT2D eigenvalue weighted by Gasteiger charge is -2.36. The van der Waals surface area contributed by atoms with Gasteiger partial charge in [0.1, 0.15) is 22.2 Å². The van der Waals surface area contributed by atoms with Crippen LogP contribution in [-0.2, 0) is 5.75 Å². The van der Waals surface area contributed by atoms with Crippen molar-refractivity contribution in [1.29, 1.82) is 0 Å². The van der Waals surface area contributed by atoms with Crippen molar-refractivity contribution in [3.63, 3.8) is 0 Å². The van der Waals surface area contributed by atoms with Gasteiger partial charge in [-0.3, -0.25) is 14.3 Å². The van der Waals surface area contributed by atoms with Crippen molar-refractivity contribution in [2.45, 2.75) is 17.8 Å². The highest BCUT2D eigenvalue weighted by molar-refractivity contribution is 7.98. The Bertz CT molecular complexity index is 1680. The highest BCUT2D eigenvalue weighted by Gasteiger charge is 2.26. The lowest BCUT2D eigenvalue weighted by atomic mass is 10.2. The highest BCUT2D eigenvalue weighted by atomic mass is 32.2. The van der Waals surface area contributed by atoms with E-state index in [2.05, 4.69) is 26.1 Å². The number of anilines is 1. The number of carbonyl (C=O) groups excluding carboxylic acids is 1. The minimum absolute atomic E-state index is 0.0405. The molecule has 12 heteroatoms. The van der Waals surface area contributed by atoms with E-state index in [1.165, 1.54) is 23.1 Å². The van der Waals surface area contributed by atoms with E-state index in [0.717, 1.165) is 40.8 Å². The monoisotopic (exact) mass is 613 g/mol. The van der Waals surface area contributed by atoms with Crippen LogP contribution < -0.4 is 14.4 Å². The smallest absolute Gasteiger partial charge is 0.273 e. The zero-order valence-electron chi connectivity index (χ0n) is 23.9. The molecule has 1 aliphatic rings. The number of piperazine rings is 1. The van der Waals surface area contributed by atoms with Gasteiger partial charge in [0.25, 0.3) is 5.91 Å². The van der Waals surface area contributed by atoms with Gasteiger partial charge in [-0.05, 0) is 43.3 Å². The van der Waals surface area contributed by atoms with Gasteiger partial charge in [0.2, 0.25) is 0 Å². The molecule has 43 heavy (non-hydrogen) atoms. The minimum atomic E-state index is -0.0405. The van der Waals surface area contributed by atoms with E-state index in [1.54, 1.807) is 19.5 Å². The number of thioether (sulfide) groups is 1. The molecule has 0 unspecified atom stereocenters. The van der Waals surface area contributed by atoms with Gasteiger partial charge < -0.3 is 19.3 Å². The minimum Gasteiger partial charge on any atom is -0.495 e. The fraction of sp³-hybridized carbons (Fsp3) is 0.258. The third-order valence-electron chi connectivity index (χ3n) is 7.05. The first-order chi connectivity index (χ1) is 21.2. The first-order valence-corrected chi connectivity index (χ1v) is 15.8. The van der Waals surface area contributed by atoms with Crippen LogP contribution >= 0.6 is 23.1 Å².